The number of rotatable bonds is 8. The van der Waals surface area contributed by atoms with E-state index in [-0.39, 0.29) is 5.91 Å². The van der Waals surface area contributed by atoms with Crippen molar-refractivity contribution in [3.8, 4) is 5.75 Å². The Hall–Kier alpha value is -2.85. The van der Waals surface area contributed by atoms with Gasteiger partial charge in [-0.1, -0.05) is 48.9 Å². The lowest BCUT2D eigenvalue weighted by Crippen LogP contribution is -2.29. The first-order valence-corrected chi connectivity index (χ1v) is 11.0. The molecule has 0 radical (unpaired) electrons. The number of anilines is 1. The van der Waals surface area contributed by atoms with Crippen LogP contribution in [0.25, 0.3) is 10.8 Å². The Morgan fingerprint density at radius 2 is 1.67 bits per heavy atom. The molecule has 0 aromatic heterocycles. The molecule has 0 bridgehead atoms. The van der Waals surface area contributed by atoms with Crippen LogP contribution in [-0.4, -0.2) is 30.5 Å². The van der Waals surface area contributed by atoms with E-state index >= 15 is 0 Å². The van der Waals surface area contributed by atoms with Gasteiger partial charge in [0.15, 0.2) is 0 Å². The number of ether oxygens (including phenoxy) is 1. The number of fused-ring (bicyclic) bond motifs is 1. The topological polar surface area (TPSA) is 41.6 Å². The number of nitrogens with zero attached hydrogens (tertiary/aromatic N) is 1. The van der Waals surface area contributed by atoms with Crippen LogP contribution in [0.5, 0.6) is 5.75 Å². The van der Waals surface area contributed by atoms with Crippen molar-refractivity contribution >= 4 is 22.4 Å². The van der Waals surface area contributed by atoms with Crippen LogP contribution in [0.3, 0.4) is 0 Å². The first-order chi connectivity index (χ1) is 14.8. The highest BCUT2D eigenvalue weighted by atomic mass is 16.5. The van der Waals surface area contributed by atoms with Crippen LogP contribution >= 0.6 is 0 Å². The van der Waals surface area contributed by atoms with Gasteiger partial charge in [-0.2, -0.15) is 0 Å². The molecule has 3 aromatic carbocycles. The number of benzene rings is 3. The van der Waals surface area contributed by atoms with E-state index in [0.717, 1.165) is 23.4 Å². The van der Waals surface area contributed by atoms with Crippen molar-refractivity contribution in [1.29, 1.82) is 0 Å². The maximum absolute atomic E-state index is 12.2. The zero-order chi connectivity index (χ0) is 20.6. The summed E-state index contributed by atoms with van der Waals surface area (Å²) < 4.78 is 5.82. The van der Waals surface area contributed by atoms with Crippen molar-refractivity contribution in [2.45, 2.75) is 38.6 Å². The maximum atomic E-state index is 12.2. The molecular weight excluding hydrogens is 372 g/mol. The Bertz CT molecular complexity index is 962. The van der Waals surface area contributed by atoms with E-state index in [1.165, 1.54) is 43.3 Å². The van der Waals surface area contributed by atoms with Crippen molar-refractivity contribution in [1.82, 2.24) is 4.90 Å². The summed E-state index contributed by atoms with van der Waals surface area (Å²) in [5, 5.41) is 5.35. The molecule has 0 aliphatic carbocycles. The van der Waals surface area contributed by atoms with E-state index in [0.29, 0.717) is 19.4 Å². The second kappa shape index (κ2) is 10.3. The molecule has 156 valence electrons. The fourth-order valence-electron chi connectivity index (χ4n) is 3.97. The lowest BCUT2D eigenvalue weighted by Gasteiger charge is -2.26. The minimum Gasteiger partial charge on any atom is -0.494 e. The molecule has 1 heterocycles. The monoisotopic (exact) mass is 402 g/mol. The van der Waals surface area contributed by atoms with Gasteiger partial charge in [-0.05, 0) is 73.0 Å². The van der Waals surface area contributed by atoms with Gasteiger partial charge in [0.2, 0.25) is 5.91 Å². The molecule has 4 rings (SSSR count). The number of carbonyl (C=O) groups excluding carboxylic acids is 1. The van der Waals surface area contributed by atoms with E-state index in [1.807, 2.05) is 36.4 Å². The Morgan fingerprint density at radius 3 is 2.47 bits per heavy atom. The third-order valence-corrected chi connectivity index (χ3v) is 5.63. The highest BCUT2D eigenvalue weighted by Gasteiger charge is 2.10. The number of likely N-dealkylation sites (tertiary alicyclic amines) is 1. The molecule has 1 aliphatic rings. The summed E-state index contributed by atoms with van der Waals surface area (Å²) in [5.74, 6) is 0.874. The summed E-state index contributed by atoms with van der Waals surface area (Å²) >= 11 is 0. The Labute approximate surface area is 178 Å². The molecule has 1 fully saturated rings. The van der Waals surface area contributed by atoms with Gasteiger partial charge in [-0.15, -0.1) is 0 Å². The van der Waals surface area contributed by atoms with Crippen molar-refractivity contribution < 1.29 is 9.53 Å². The van der Waals surface area contributed by atoms with Gasteiger partial charge in [0.25, 0.3) is 0 Å². The second-order valence-corrected chi connectivity index (χ2v) is 8.04. The van der Waals surface area contributed by atoms with Crippen LogP contribution in [0, 0.1) is 0 Å². The Balaban J connectivity index is 1.18. The first-order valence-electron chi connectivity index (χ1n) is 11.0. The molecule has 0 atom stereocenters. The van der Waals surface area contributed by atoms with E-state index < -0.39 is 0 Å². The lowest BCUT2D eigenvalue weighted by molar-refractivity contribution is -0.116. The summed E-state index contributed by atoms with van der Waals surface area (Å²) in [6.45, 7) is 3.92. The summed E-state index contributed by atoms with van der Waals surface area (Å²) in [7, 11) is 0. The van der Waals surface area contributed by atoms with Crippen LogP contribution in [0.15, 0.2) is 66.7 Å². The highest BCUT2D eigenvalue weighted by Crippen LogP contribution is 2.21. The number of amides is 1. The van der Waals surface area contributed by atoms with Crippen LogP contribution in [0.1, 0.15) is 37.7 Å². The molecule has 0 unspecified atom stereocenters. The third-order valence-electron chi connectivity index (χ3n) is 5.63. The predicted molar refractivity (Wildman–Crippen MR) is 123 cm³/mol. The van der Waals surface area contributed by atoms with Gasteiger partial charge < -0.3 is 10.1 Å². The molecule has 1 amide bonds. The maximum Gasteiger partial charge on any atom is 0.224 e. The van der Waals surface area contributed by atoms with Gasteiger partial charge in [-0.3, -0.25) is 9.69 Å². The smallest absolute Gasteiger partial charge is 0.224 e. The van der Waals surface area contributed by atoms with Gasteiger partial charge in [0, 0.05) is 18.7 Å². The normalized spacial score (nSPS) is 14.5. The molecule has 30 heavy (non-hydrogen) atoms. The van der Waals surface area contributed by atoms with Crippen molar-refractivity contribution in [2.75, 3.05) is 25.0 Å². The van der Waals surface area contributed by atoms with E-state index in [1.54, 1.807) is 0 Å². The number of piperidine rings is 1. The second-order valence-electron chi connectivity index (χ2n) is 8.04. The number of carbonyl (C=O) groups is 1. The van der Waals surface area contributed by atoms with Crippen LogP contribution < -0.4 is 10.1 Å². The molecule has 1 saturated heterocycles. The highest BCUT2D eigenvalue weighted by molar-refractivity contribution is 5.90. The van der Waals surface area contributed by atoms with Gasteiger partial charge in [0.05, 0.1) is 6.61 Å². The number of nitrogens with one attached hydrogen (secondary N) is 1. The van der Waals surface area contributed by atoms with Crippen LogP contribution in [-0.2, 0) is 11.3 Å². The van der Waals surface area contributed by atoms with Crippen molar-refractivity contribution in [2.24, 2.45) is 0 Å². The minimum atomic E-state index is 0.0286. The molecule has 4 heteroatoms. The fourth-order valence-corrected chi connectivity index (χ4v) is 3.97. The third kappa shape index (κ3) is 5.83. The SMILES string of the molecule is O=C(CCCOc1ccc2ccccc2c1)Nc1ccc(CN2CCCCC2)cc1. The number of hydrogen-bond donors (Lipinski definition) is 1. The summed E-state index contributed by atoms with van der Waals surface area (Å²) in [5.41, 5.74) is 2.16. The molecular formula is C26H30N2O2. The Morgan fingerprint density at radius 1 is 0.900 bits per heavy atom. The number of hydrogen-bond acceptors (Lipinski definition) is 3. The standard InChI is InChI=1S/C26H30N2O2/c29-26(9-6-18-30-25-15-12-22-7-2-3-8-23(22)19-25)27-24-13-10-21(11-14-24)20-28-16-4-1-5-17-28/h2-3,7-8,10-15,19H,1,4-6,9,16-18,20H2,(H,27,29). The van der Waals surface area contributed by atoms with E-state index in [4.69, 9.17) is 4.74 Å². The van der Waals surface area contributed by atoms with Gasteiger partial charge in [-0.25, -0.2) is 0 Å². The zero-order valence-corrected chi connectivity index (χ0v) is 17.5. The lowest BCUT2D eigenvalue weighted by atomic mass is 10.1. The Kier molecular flexibility index (Phi) is 6.99. The van der Waals surface area contributed by atoms with Crippen molar-refractivity contribution in [3.05, 3.63) is 72.3 Å². The van der Waals surface area contributed by atoms with E-state index in [2.05, 4.69) is 40.5 Å². The van der Waals surface area contributed by atoms with Crippen molar-refractivity contribution in [3.63, 3.8) is 0 Å². The molecule has 4 nitrogen and oxygen atoms in total. The predicted octanol–water partition coefficient (Wildman–Crippen LogP) is 5.62. The average molecular weight is 403 g/mol. The zero-order valence-electron chi connectivity index (χ0n) is 17.5. The summed E-state index contributed by atoms with van der Waals surface area (Å²) in [6.07, 6.45) is 5.10. The molecule has 3 aromatic rings. The van der Waals surface area contributed by atoms with Crippen LogP contribution in [0.4, 0.5) is 5.69 Å². The summed E-state index contributed by atoms with van der Waals surface area (Å²) in [6, 6.07) is 22.5. The minimum absolute atomic E-state index is 0.0286. The molecule has 1 aliphatic heterocycles. The van der Waals surface area contributed by atoms with Gasteiger partial charge >= 0.3 is 0 Å². The quantitative estimate of drug-likeness (QED) is 0.497. The van der Waals surface area contributed by atoms with Gasteiger partial charge in [0.1, 0.15) is 5.75 Å². The molecule has 0 spiro atoms. The van der Waals surface area contributed by atoms with E-state index in [9.17, 15) is 4.79 Å². The largest absolute Gasteiger partial charge is 0.494 e. The fraction of sp³-hybridized carbons (Fsp3) is 0.346. The first kappa shape index (κ1) is 20.4. The van der Waals surface area contributed by atoms with Crippen LogP contribution in [0.2, 0.25) is 0 Å². The molecule has 0 saturated carbocycles. The molecule has 1 N–H and O–H groups in total. The summed E-state index contributed by atoms with van der Waals surface area (Å²) in [4.78, 5) is 14.7. The average Bonchev–Trinajstić information content (AvgIpc) is 2.79.